The minimum Gasteiger partial charge on any atom is -0.289 e. The largest absolute Gasteiger partial charge is 0.289 e. The first-order chi connectivity index (χ1) is 5.29. The van der Waals surface area contributed by atoms with Gasteiger partial charge in [-0.25, -0.2) is 0 Å². The van der Waals surface area contributed by atoms with Crippen molar-refractivity contribution in [1.29, 1.82) is 0 Å². The van der Waals surface area contributed by atoms with E-state index in [0.29, 0.717) is 0 Å². The van der Waals surface area contributed by atoms with E-state index in [1.165, 1.54) is 0 Å². The second kappa shape index (κ2) is 2.06. The summed E-state index contributed by atoms with van der Waals surface area (Å²) in [5, 5.41) is 0. The minimum atomic E-state index is 0.167. The van der Waals surface area contributed by atoms with Crippen LogP contribution < -0.4 is 0 Å². The van der Waals surface area contributed by atoms with Gasteiger partial charge in [0.2, 0.25) is 0 Å². The van der Waals surface area contributed by atoms with Crippen molar-refractivity contribution in [2.75, 3.05) is 0 Å². The molecule has 0 fully saturated rings. The molecule has 54 valence electrons. The van der Waals surface area contributed by atoms with Gasteiger partial charge in [0.05, 0.1) is 0 Å². The lowest BCUT2D eigenvalue weighted by Gasteiger charge is -1.93. The highest BCUT2D eigenvalue weighted by Gasteiger charge is 2.17. The zero-order valence-electron chi connectivity index (χ0n) is 6.29. The molecule has 0 unspecified atom stereocenters. The Morgan fingerprint density at radius 3 is 2.64 bits per heavy atom. The van der Waals surface area contributed by atoms with Crippen LogP contribution in [0.1, 0.15) is 22.8 Å². The van der Waals surface area contributed by atoms with E-state index >= 15 is 0 Å². The summed E-state index contributed by atoms with van der Waals surface area (Å²) in [6, 6.07) is 7.67. The van der Waals surface area contributed by atoms with Crippen LogP contribution in [-0.4, -0.2) is 5.78 Å². The maximum absolute atomic E-state index is 11.3. The third-order valence-corrected chi connectivity index (χ3v) is 1.94. The molecule has 1 aromatic rings. The summed E-state index contributed by atoms with van der Waals surface area (Å²) in [6.07, 6.45) is 1.93. The third kappa shape index (κ3) is 0.811. The van der Waals surface area contributed by atoms with Gasteiger partial charge in [0.25, 0.3) is 0 Å². The number of fused-ring (bicyclic) bond motifs is 1. The van der Waals surface area contributed by atoms with E-state index in [2.05, 4.69) is 0 Å². The van der Waals surface area contributed by atoms with Gasteiger partial charge in [-0.1, -0.05) is 24.3 Å². The Hall–Kier alpha value is -1.37. The van der Waals surface area contributed by atoms with Crippen molar-refractivity contribution in [3.05, 3.63) is 41.0 Å². The molecule has 0 heterocycles. The predicted octanol–water partition coefficient (Wildman–Crippen LogP) is 2.29. The van der Waals surface area contributed by atoms with Crippen molar-refractivity contribution in [1.82, 2.24) is 0 Å². The van der Waals surface area contributed by atoms with Crippen molar-refractivity contribution in [2.24, 2.45) is 0 Å². The van der Waals surface area contributed by atoms with Gasteiger partial charge in [-0.15, -0.1) is 0 Å². The maximum Gasteiger partial charge on any atom is 0.189 e. The number of carbonyl (C=O) groups is 1. The first-order valence-corrected chi connectivity index (χ1v) is 3.61. The molecule has 0 amide bonds. The number of Topliss-reactive ketones (excluding diaryl/α,β-unsaturated/α-hetero) is 1. The third-order valence-electron chi connectivity index (χ3n) is 1.94. The monoisotopic (exact) mass is 144 g/mol. The molecule has 0 atom stereocenters. The maximum atomic E-state index is 11.3. The Kier molecular flexibility index (Phi) is 1.19. The number of benzene rings is 1. The molecule has 1 aromatic carbocycles. The van der Waals surface area contributed by atoms with Crippen molar-refractivity contribution in [3.8, 4) is 0 Å². The Bertz CT molecular complexity index is 348. The molecule has 0 bridgehead atoms. The molecule has 11 heavy (non-hydrogen) atoms. The molecule has 1 aliphatic carbocycles. The van der Waals surface area contributed by atoms with Gasteiger partial charge in [0.15, 0.2) is 5.78 Å². The number of hydrogen-bond donors (Lipinski definition) is 0. The van der Waals surface area contributed by atoms with Gasteiger partial charge >= 0.3 is 0 Å². The Labute approximate surface area is 65.4 Å². The van der Waals surface area contributed by atoms with E-state index in [4.69, 9.17) is 0 Å². The van der Waals surface area contributed by atoms with Crippen molar-refractivity contribution in [2.45, 2.75) is 6.92 Å². The van der Waals surface area contributed by atoms with Crippen LogP contribution in [0.25, 0.3) is 6.08 Å². The van der Waals surface area contributed by atoms with E-state index in [9.17, 15) is 4.79 Å². The molecule has 0 saturated heterocycles. The Morgan fingerprint density at radius 1 is 1.18 bits per heavy atom. The van der Waals surface area contributed by atoms with Crippen LogP contribution in [0.15, 0.2) is 29.8 Å². The number of rotatable bonds is 0. The summed E-state index contributed by atoms with van der Waals surface area (Å²) in [5.41, 5.74) is 2.73. The second-order valence-corrected chi connectivity index (χ2v) is 2.74. The number of carbonyl (C=O) groups excluding carboxylic acids is 1. The van der Waals surface area contributed by atoms with Crippen molar-refractivity contribution >= 4 is 11.9 Å². The second-order valence-electron chi connectivity index (χ2n) is 2.74. The fraction of sp³-hybridized carbons (Fsp3) is 0.100. The summed E-state index contributed by atoms with van der Waals surface area (Å²) in [5.74, 6) is 0.167. The lowest BCUT2D eigenvalue weighted by Crippen LogP contribution is -1.94. The van der Waals surface area contributed by atoms with Crippen LogP contribution in [0.3, 0.4) is 0 Å². The van der Waals surface area contributed by atoms with Crippen LogP contribution in [-0.2, 0) is 0 Å². The average Bonchev–Trinajstić information content (AvgIpc) is 2.30. The standard InChI is InChI=1S/C10H8O/c1-7-6-8-4-2-3-5-9(8)10(7)11/h2-6H,1H3. The average molecular weight is 144 g/mol. The molecule has 0 saturated carbocycles. The van der Waals surface area contributed by atoms with Gasteiger partial charge in [-0.05, 0) is 24.1 Å². The van der Waals surface area contributed by atoms with E-state index in [1.807, 2.05) is 37.3 Å². The summed E-state index contributed by atoms with van der Waals surface area (Å²) in [7, 11) is 0. The van der Waals surface area contributed by atoms with Crippen LogP contribution in [0, 0.1) is 0 Å². The number of allylic oxidation sites excluding steroid dienone is 1. The summed E-state index contributed by atoms with van der Waals surface area (Å²) < 4.78 is 0. The molecule has 2 rings (SSSR count). The molecule has 0 aliphatic heterocycles. The minimum absolute atomic E-state index is 0.167. The van der Waals surface area contributed by atoms with Crippen molar-refractivity contribution < 1.29 is 4.79 Å². The zero-order valence-corrected chi connectivity index (χ0v) is 6.29. The van der Waals surface area contributed by atoms with Gasteiger partial charge < -0.3 is 0 Å². The van der Waals surface area contributed by atoms with Crippen LogP contribution in [0.2, 0.25) is 0 Å². The Balaban J connectivity index is 2.67. The van der Waals surface area contributed by atoms with Crippen molar-refractivity contribution in [3.63, 3.8) is 0 Å². The highest BCUT2D eigenvalue weighted by molar-refractivity contribution is 6.17. The highest BCUT2D eigenvalue weighted by atomic mass is 16.1. The fourth-order valence-electron chi connectivity index (χ4n) is 1.34. The van der Waals surface area contributed by atoms with Crippen LogP contribution >= 0.6 is 0 Å². The molecule has 0 aromatic heterocycles. The normalized spacial score (nSPS) is 14.6. The number of hydrogen-bond acceptors (Lipinski definition) is 1. The summed E-state index contributed by atoms with van der Waals surface area (Å²) >= 11 is 0. The molecule has 1 heteroatoms. The molecule has 1 nitrogen and oxygen atoms in total. The molecular weight excluding hydrogens is 136 g/mol. The summed E-state index contributed by atoms with van der Waals surface area (Å²) in [6.45, 7) is 1.85. The Morgan fingerprint density at radius 2 is 1.91 bits per heavy atom. The molecule has 0 N–H and O–H groups in total. The fourth-order valence-corrected chi connectivity index (χ4v) is 1.34. The smallest absolute Gasteiger partial charge is 0.189 e. The first-order valence-electron chi connectivity index (χ1n) is 3.61. The van der Waals surface area contributed by atoms with Gasteiger partial charge in [-0.3, -0.25) is 4.79 Å². The molecule has 0 spiro atoms. The van der Waals surface area contributed by atoms with Gasteiger partial charge in [-0.2, -0.15) is 0 Å². The molecular formula is C10H8O. The van der Waals surface area contributed by atoms with E-state index in [0.717, 1.165) is 16.7 Å². The van der Waals surface area contributed by atoms with Gasteiger partial charge in [0, 0.05) is 5.56 Å². The number of ketones is 1. The summed E-state index contributed by atoms with van der Waals surface area (Å²) in [4.78, 5) is 11.3. The van der Waals surface area contributed by atoms with Crippen LogP contribution in [0.4, 0.5) is 0 Å². The SMILES string of the molecule is CC1=Cc2ccccc2C1=O. The highest BCUT2D eigenvalue weighted by Crippen LogP contribution is 2.23. The van der Waals surface area contributed by atoms with Gasteiger partial charge in [0.1, 0.15) is 0 Å². The predicted molar refractivity (Wildman–Crippen MR) is 44.4 cm³/mol. The quantitative estimate of drug-likeness (QED) is 0.546. The van der Waals surface area contributed by atoms with E-state index < -0.39 is 0 Å². The molecule has 0 radical (unpaired) electrons. The first kappa shape index (κ1) is 6.35. The van der Waals surface area contributed by atoms with Crippen LogP contribution in [0.5, 0.6) is 0 Å². The molecule has 1 aliphatic rings. The lowest BCUT2D eigenvalue weighted by atomic mass is 10.1. The van der Waals surface area contributed by atoms with E-state index in [-0.39, 0.29) is 5.78 Å². The van der Waals surface area contributed by atoms with E-state index in [1.54, 1.807) is 0 Å². The topological polar surface area (TPSA) is 17.1 Å². The lowest BCUT2D eigenvalue weighted by molar-refractivity contribution is 0.103. The zero-order chi connectivity index (χ0) is 7.84.